The third-order valence-corrected chi connectivity index (χ3v) is 5.06. The summed E-state index contributed by atoms with van der Waals surface area (Å²) < 4.78 is 0. The van der Waals surface area contributed by atoms with Crippen LogP contribution in [0.4, 0.5) is 11.6 Å². The largest absolute Gasteiger partial charge is 0.366 e. The van der Waals surface area contributed by atoms with Gasteiger partial charge in [0.2, 0.25) is 0 Å². The molecule has 0 saturated heterocycles. The standard InChI is InChI=1S/C14H25N5S/c1-3-6-10-13(16-9-17-14(10)19-15)18-11-7-5-8-12(11)20-4-2/h9,11-12H,3-8,15H2,1-2H3,(H2,16,17,18,19). The van der Waals surface area contributed by atoms with E-state index in [9.17, 15) is 0 Å². The number of nitrogens with one attached hydrogen (secondary N) is 2. The van der Waals surface area contributed by atoms with Gasteiger partial charge in [-0.3, -0.25) is 0 Å². The predicted molar refractivity (Wildman–Crippen MR) is 87.0 cm³/mol. The summed E-state index contributed by atoms with van der Waals surface area (Å²) in [6, 6.07) is 0.510. The van der Waals surface area contributed by atoms with E-state index < -0.39 is 0 Å². The average molecular weight is 295 g/mol. The third-order valence-electron chi connectivity index (χ3n) is 3.74. The number of nitrogens with two attached hydrogens (primary N) is 1. The lowest BCUT2D eigenvalue weighted by atomic mass is 10.1. The zero-order valence-electron chi connectivity index (χ0n) is 12.4. The van der Waals surface area contributed by atoms with E-state index in [1.807, 2.05) is 11.8 Å². The molecule has 1 fully saturated rings. The maximum absolute atomic E-state index is 5.56. The predicted octanol–water partition coefficient (Wildman–Crippen LogP) is 2.80. The fraction of sp³-hybridized carbons (Fsp3) is 0.714. The smallest absolute Gasteiger partial charge is 0.148 e. The van der Waals surface area contributed by atoms with Crippen LogP contribution in [0.1, 0.15) is 45.1 Å². The maximum atomic E-state index is 5.56. The minimum atomic E-state index is 0.510. The van der Waals surface area contributed by atoms with Crippen molar-refractivity contribution in [2.45, 2.75) is 57.2 Å². The average Bonchev–Trinajstić information content (AvgIpc) is 2.89. The molecule has 0 aromatic carbocycles. The van der Waals surface area contributed by atoms with Crippen LogP contribution in [0.2, 0.25) is 0 Å². The van der Waals surface area contributed by atoms with Gasteiger partial charge in [0.25, 0.3) is 0 Å². The lowest BCUT2D eigenvalue weighted by Gasteiger charge is -2.22. The highest BCUT2D eigenvalue weighted by Gasteiger charge is 2.28. The van der Waals surface area contributed by atoms with E-state index in [2.05, 4.69) is 34.6 Å². The Labute approximate surface area is 125 Å². The molecule has 0 radical (unpaired) electrons. The SMILES string of the molecule is CCCc1c(NN)ncnc1NC1CCCC1SCC. The van der Waals surface area contributed by atoms with E-state index in [0.717, 1.165) is 30.0 Å². The zero-order valence-corrected chi connectivity index (χ0v) is 13.2. The number of anilines is 2. The number of hydrazine groups is 1. The first-order chi connectivity index (χ1) is 9.80. The summed E-state index contributed by atoms with van der Waals surface area (Å²) in [6.07, 6.45) is 7.37. The van der Waals surface area contributed by atoms with Gasteiger partial charge >= 0.3 is 0 Å². The van der Waals surface area contributed by atoms with Gasteiger partial charge in [-0.25, -0.2) is 15.8 Å². The molecule has 6 heteroatoms. The summed E-state index contributed by atoms with van der Waals surface area (Å²) in [7, 11) is 0. The van der Waals surface area contributed by atoms with Crippen molar-refractivity contribution >= 4 is 23.4 Å². The van der Waals surface area contributed by atoms with Crippen LogP contribution in [0.15, 0.2) is 6.33 Å². The fourth-order valence-electron chi connectivity index (χ4n) is 2.83. The highest BCUT2D eigenvalue weighted by atomic mass is 32.2. The second kappa shape index (κ2) is 7.69. The number of nitrogen functional groups attached to an aromatic ring is 1. The van der Waals surface area contributed by atoms with Gasteiger partial charge in [-0.05, 0) is 25.0 Å². The minimum absolute atomic E-state index is 0.510. The molecule has 1 aromatic rings. The van der Waals surface area contributed by atoms with Gasteiger partial charge in [-0.1, -0.05) is 26.7 Å². The third kappa shape index (κ3) is 3.55. The van der Waals surface area contributed by atoms with Crippen molar-refractivity contribution in [3.63, 3.8) is 0 Å². The van der Waals surface area contributed by atoms with Gasteiger partial charge in [-0.2, -0.15) is 11.8 Å². The van der Waals surface area contributed by atoms with Gasteiger partial charge < -0.3 is 10.7 Å². The van der Waals surface area contributed by atoms with E-state index in [1.165, 1.54) is 25.0 Å². The molecule has 1 aliphatic carbocycles. The van der Waals surface area contributed by atoms with Crippen LogP contribution in [-0.2, 0) is 6.42 Å². The van der Waals surface area contributed by atoms with E-state index in [0.29, 0.717) is 11.3 Å². The fourth-order valence-corrected chi connectivity index (χ4v) is 4.03. The number of rotatable bonds is 7. The Bertz CT molecular complexity index is 426. The van der Waals surface area contributed by atoms with Crippen LogP contribution in [0.5, 0.6) is 0 Å². The van der Waals surface area contributed by atoms with Gasteiger partial charge in [0.05, 0.1) is 0 Å². The quantitative estimate of drug-likeness (QED) is 0.530. The van der Waals surface area contributed by atoms with Crippen molar-refractivity contribution in [3.05, 3.63) is 11.9 Å². The van der Waals surface area contributed by atoms with Gasteiger partial charge in [-0.15, -0.1) is 0 Å². The molecule has 1 saturated carbocycles. The normalized spacial score (nSPS) is 21.9. The van der Waals surface area contributed by atoms with Crippen LogP contribution in [0, 0.1) is 0 Å². The van der Waals surface area contributed by atoms with Crippen LogP contribution in [0.25, 0.3) is 0 Å². The molecule has 112 valence electrons. The highest BCUT2D eigenvalue weighted by molar-refractivity contribution is 7.99. The Hall–Kier alpha value is -1.01. The monoisotopic (exact) mass is 295 g/mol. The van der Waals surface area contributed by atoms with E-state index in [4.69, 9.17) is 5.84 Å². The second-order valence-corrected chi connectivity index (χ2v) is 6.64. The molecule has 1 aromatic heterocycles. The Morgan fingerprint density at radius 3 is 2.80 bits per heavy atom. The number of thioether (sulfide) groups is 1. The minimum Gasteiger partial charge on any atom is -0.366 e. The Balaban J connectivity index is 2.15. The molecule has 5 nitrogen and oxygen atoms in total. The maximum Gasteiger partial charge on any atom is 0.148 e. The van der Waals surface area contributed by atoms with Gasteiger partial charge in [0.1, 0.15) is 18.0 Å². The molecular formula is C14H25N5S. The molecule has 1 heterocycles. The molecule has 0 bridgehead atoms. The van der Waals surface area contributed by atoms with E-state index in [-0.39, 0.29) is 0 Å². The van der Waals surface area contributed by atoms with Crippen molar-refractivity contribution in [2.24, 2.45) is 5.84 Å². The molecular weight excluding hydrogens is 270 g/mol. The number of nitrogens with zero attached hydrogens (tertiary/aromatic N) is 2. The second-order valence-electron chi connectivity index (χ2n) is 5.12. The molecule has 0 aliphatic heterocycles. The Morgan fingerprint density at radius 2 is 2.10 bits per heavy atom. The molecule has 2 unspecified atom stereocenters. The van der Waals surface area contributed by atoms with Crippen LogP contribution in [-0.4, -0.2) is 27.0 Å². The molecule has 0 spiro atoms. The summed E-state index contributed by atoms with van der Waals surface area (Å²) in [5.74, 6) is 8.42. The van der Waals surface area contributed by atoms with Crippen molar-refractivity contribution in [2.75, 3.05) is 16.5 Å². The van der Waals surface area contributed by atoms with Crippen LogP contribution < -0.4 is 16.6 Å². The molecule has 1 aliphatic rings. The van der Waals surface area contributed by atoms with E-state index in [1.54, 1.807) is 6.33 Å². The highest BCUT2D eigenvalue weighted by Crippen LogP contribution is 2.33. The van der Waals surface area contributed by atoms with Crippen molar-refractivity contribution < 1.29 is 0 Å². The summed E-state index contributed by atoms with van der Waals surface area (Å²) in [5, 5.41) is 4.33. The Kier molecular flexibility index (Phi) is 5.91. The topological polar surface area (TPSA) is 75.9 Å². The van der Waals surface area contributed by atoms with Crippen molar-refractivity contribution in [3.8, 4) is 0 Å². The summed E-state index contributed by atoms with van der Waals surface area (Å²) in [6.45, 7) is 4.38. The van der Waals surface area contributed by atoms with Crippen molar-refractivity contribution in [1.29, 1.82) is 0 Å². The van der Waals surface area contributed by atoms with Crippen LogP contribution in [0.3, 0.4) is 0 Å². The first kappa shape index (κ1) is 15.4. The lowest BCUT2D eigenvalue weighted by Crippen LogP contribution is -2.28. The first-order valence-electron chi connectivity index (χ1n) is 7.48. The molecule has 20 heavy (non-hydrogen) atoms. The van der Waals surface area contributed by atoms with E-state index >= 15 is 0 Å². The molecule has 2 rings (SSSR count). The van der Waals surface area contributed by atoms with Gasteiger partial charge in [0.15, 0.2) is 0 Å². The first-order valence-corrected chi connectivity index (χ1v) is 8.53. The number of hydrogen-bond acceptors (Lipinski definition) is 6. The lowest BCUT2D eigenvalue weighted by molar-refractivity contribution is 0.756. The number of hydrogen-bond donors (Lipinski definition) is 3. The summed E-state index contributed by atoms with van der Waals surface area (Å²) >= 11 is 2.05. The summed E-state index contributed by atoms with van der Waals surface area (Å²) in [4.78, 5) is 8.65. The number of aromatic nitrogens is 2. The Morgan fingerprint density at radius 1 is 1.30 bits per heavy atom. The molecule has 4 N–H and O–H groups in total. The van der Waals surface area contributed by atoms with Crippen molar-refractivity contribution in [1.82, 2.24) is 9.97 Å². The van der Waals surface area contributed by atoms with Crippen LogP contribution >= 0.6 is 11.8 Å². The summed E-state index contributed by atoms with van der Waals surface area (Å²) in [5.41, 5.74) is 3.79. The molecule has 0 amide bonds. The zero-order chi connectivity index (χ0) is 14.4. The van der Waals surface area contributed by atoms with Gasteiger partial charge in [0, 0.05) is 16.9 Å². The molecule has 2 atom stereocenters.